The molecule has 5 heteroatoms. The van der Waals surface area contributed by atoms with Gasteiger partial charge >= 0.3 is 0 Å². The van der Waals surface area contributed by atoms with Crippen LogP contribution in [0.1, 0.15) is 11.1 Å². The normalized spacial score (nSPS) is 9.53. The number of amidine groups is 1. The molecule has 2 aromatic rings. The number of nitrogen functional groups attached to an aromatic ring is 1. The molecule has 0 unspecified atom stereocenters. The van der Waals surface area contributed by atoms with Gasteiger partial charge in [-0.25, -0.2) is 0 Å². The van der Waals surface area contributed by atoms with E-state index in [0.29, 0.717) is 22.9 Å². The Bertz CT molecular complexity index is 573. The Labute approximate surface area is 123 Å². The van der Waals surface area contributed by atoms with E-state index < -0.39 is 0 Å². The van der Waals surface area contributed by atoms with E-state index >= 15 is 0 Å². The number of halogens is 2. The van der Waals surface area contributed by atoms with Crippen LogP contribution in [0.15, 0.2) is 48.5 Å². The van der Waals surface area contributed by atoms with Crippen molar-refractivity contribution in [3.63, 3.8) is 0 Å². The third-order valence-electron chi connectivity index (χ3n) is 2.47. The van der Waals surface area contributed by atoms with Gasteiger partial charge in [0.15, 0.2) is 0 Å². The van der Waals surface area contributed by atoms with Crippen LogP contribution >= 0.6 is 24.0 Å². The smallest absolute Gasteiger partial charge is 0.138 e. The summed E-state index contributed by atoms with van der Waals surface area (Å²) in [4.78, 5) is 0. The second-order valence-electron chi connectivity index (χ2n) is 3.83. The number of ether oxygens (including phenoxy) is 1. The first kappa shape index (κ1) is 15.3. The quantitative estimate of drug-likeness (QED) is 0.669. The van der Waals surface area contributed by atoms with Crippen molar-refractivity contribution in [3.05, 3.63) is 64.7 Å². The van der Waals surface area contributed by atoms with E-state index in [1.165, 1.54) is 0 Å². The van der Waals surface area contributed by atoms with Crippen molar-refractivity contribution in [2.75, 3.05) is 0 Å². The Morgan fingerprint density at radius 1 is 1.16 bits per heavy atom. The number of rotatable bonds is 4. The minimum Gasteiger partial charge on any atom is -0.487 e. The third-order valence-corrected chi connectivity index (χ3v) is 2.78. The summed E-state index contributed by atoms with van der Waals surface area (Å²) in [5.41, 5.74) is 7.07. The zero-order valence-corrected chi connectivity index (χ0v) is 11.7. The summed E-state index contributed by atoms with van der Waals surface area (Å²) in [6.07, 6.45) is 0. The van der Waals surface area contributed by atoms with Gasteiger partial charge in [0.1, 0.15) is 18.2 Å². The molecule has 2 rings (SSSR count). The Morgan fingerprint density at radius 2 is 1.89 bits per heavy atom. The Balaban J connectivity index is 0.00000180. The molecule has 0 radical (unpaired) electrons. The molecule has 0 atom stereocenters. The number of nitrogens with one attached hydrogen (secondary N) is 1. The average molecular weight is 297 g/mol. The van der Waals surface area contributed by atoms with Crippen LogP contribution in [0.3, 0.4) is 0 Å². The van der Waals surface area contributed by atoms with Gasteiger partial charge in [-0.3, -0.25) is 5.41 Å². The second kappa shape index (κ2) is 7.02. The van der Waals surface area contributed by atoms with Crippen molar-refractivity contribution in [2.24, 2.45) is 5.73 Å². The predicted octanol–water partition coefficient (Wildman–Crippen LogP) is 3.62. The topological polar surface area (TPSA) is 59.1 Å². The summed E-state index contributed by atoms with van der Waals surface area (Å²) in [5, 5.41) is 7.96. The maximum absolute atomic E-state index is 7.38. The molecule has 0 amide bonds. The monoisotopic (exact) mass is 296 g/mol. The van der Waals surface area contributed by atoms with Crippen LogP contribution in [0.4, 0.5) is 0 Å². The van der Waals surface area contributed by atoms with Crippen LogP contribution in [-0.4, -0.2) is 5.84 Å². The van der Waals surface area contributed by atoms with Crippen LogP contribution < -0.4 is 10.5 Å². The van der Waals surface area contributed by atoms with Crippen LogP contribution in [0.5, 0.6) is 5.75 Å². The highest BCUT2D eigenvalue weighted by Crippen LogP contribution is 2.24. The predicted molar refractivity (Wildman–Crippen MR) is 80.5 cm³/mol. The molecule has 0 saturated heterocycles. The van der Waals surface area contributed by atoms with Crippen molar-refractivity contribution >= 4 is 29.8 Å². The maximum Gasteiger partial charge on any atom is 0.138 e. The first-order valence-electron chi connectivity index (χ1n) is 5.47. The third kappa shape index (κ3) is 4.16. The minimum absolute atomic E-state index is 0. The number of hydrogen-bond donors (Lipinski definition) is 2. The van der Waals surface area contributed by atoms with Crippen molar-refractivity contribution in [1.29, 1.82) is 5.41 Å². The van der Waals surface area contributed by atoms with E-state index in [-0.39, 0.29) is 18.2 Å². The fourth-order valence-corrected chi connectivity index (χ4v) is 1.74. The number of para-hydroxylation sites is 1. The molecule has 0 bridgehead atoms. The highest BCUT2D eigenvalue weighted by molar-refractivity contribution is 6.32. The molecule has 100 valence electrons. The van der Waals surface area contributed by atoms with E-state index in [0.717, 1.165) is 5.56 Å². The highest BCUT2D eigenvalue weighted by Gasteiger charge is 2.02. The van der Waals surface area contributed by atoms with Gasteiger partial charge in [-0.2, -0.15) is 0 Å². The molecule has 0 fully saturated rings. The Morgan fingerprint density at radius 3 is 2.58 bits per heavy atom. The molecule has 0 aromatic heterocycles. The molecule has 0 aliphatic rings. The summed E-state index contributed by atoms with van der Waals surface area (Å²) in [7, 11) is 0. The number of hydrogen-bond acceptors (Lipinski definition) is 2. The van der Waals surface area contributed by atoms with Crippen molar-refractivity contribution in [1.82, 2.24) is 0 Å². The fourth-order valence-electron chi connectivity index (χ4n) is 1.55. The molecule has 19 heavy (non-hydrogen) atoms. The lowest BCUT2D eigenvalue weighted by molar-refractivity contribution is 0.306. The molecule has 3 nitrogen and oxygen atoms in total. The molecule has 0 saturated carbocycles. The lowest BCUT2D eigenvalue weighted by atomic mass is 10.1. The van der Waals surface area contributed by atoms with Crippen LogP contribution in [-0.2, 0) is 6.61 Å². The molecule has 0 heterocycles. The minimum atomic E-state index is 0. The standard InChI is InChI=1S/C14H13ClN2O.ClH/c15-12-6-1-2-7-13(12)18-9-10-4-3-5-11(8-10)14(16)17;/h1-8H,9H2,(H3,16,17);1H. The van der Waals surface area contributed by atoms with Crippen molar-refractivity contribution in [2.45, 2.75) is 6.61 Å². The second-order valence-corrected chi connectivity index (χ2v) is 4.24. The first-order chi connectivity index (χ1) is 8.66. The van der Waals surface area contributed by atoms with E-state index in [9.17, 15) is 0 Å². The molecular formula is C14H14Cl2N2O. The van der Waals surface area contributed by atoms with Gasteiger partial charge in [0.25, 0.3) is 0 Å². The molecule has 2 aromatic carbocycles. The summed E-state index contributed by atoms with van der Waals surface area (Å²) >= 11 is 5.99. The van der Waals surface area contributed by atoms with Crippen molar-refractivity contribution < 1.29 is 4.74 Å². The van der Waals surface area contributed by atoms with E-state index in [2.05, 4.69) is 0 Å². The Hall–Kier alpha value is -1.71. The average Bonchev–Trinajstić information content (AvgIpc) is 2.38. The molecule has 0 aliphatic carbocycles. The summed E-state index contributed by atoms with van der Waals surface area (Å²) < 4.78 is 5.61. The lowest BCUT2D eigenvalue weighted by Gasteiger charge is -2.08. The largest absolute Gasteiger partial charge is 0.487 e. The van der Waals surface area contributed by atoms with Gasteiger partial charge in [0, 0.05) is 5.56 Å². The van der Waals surface area contributed by atoms with Crippen LogP contribution in [0.25, 0.3) is 0 Å². The first-order valence-corrected chi connectivity index (χ1v) is 5.85. The van der Waals surface area contributed by atoms with Gasteiger partial charge in [-0.1, -0.05) is 41.9 Å². The molecular weight excluding hydrogens is 283 g/mol. The summed E-state index contributed by atoms with van der Waals surface area (Å²) in [6, 6.07) is 14.7. The maximum atomic E-state index is 7.38. The summed E-state index contributed by atoms with van der Waals surface area (Å²) in [6.45, 7) is 0.394. The van der Waals surface area contributed by atoms with Gasteiger partial charge < -0.3 is 10.5 Å². The molecule has 0 spiro atoms. The van der Waals surface area contributed by atoms with Gasteiger partial charge in [0.2, 0.25) is 0 Å². The van der Waals surface area contributed by atoms with Crippen LogP contribution in [0, 0.1) is 5.41 Å². The fraction of sp³-hybridized carbons (Fsp3) is 0.0714. The van der Waals surface area contributed by atoms with E-state index in [4.69, 9.17) is 27.5 Å². The zero-order valence-electron chi connectivity index (χ0n) is 10.1. The Kier molecular flexibility index (Phi) is 5.67. The van der Waals surface area contributed by atoms with Gasteiger partial charge in [-0.15, -0.1) is 12.4 Å². The van der Waals surface area contributed by atoms with Gasteiger partial charge in [0.05, 0.1) is 5.02 Å². The van der Waals surface area contributed by atoms with E-state index in [1.807, 2.05) is 36.4 Å². The lowest BCUT2D eigenvalue weighted by Crippen LogP contribution is -2.11. The van der Waals surface area contributed by atoms with Crippen LogP contribution in [0.2, 0.25) is 5.02 Å². The molecule has 0 aliphatic heterocycles. The number of nitrogens with two attached hydrogens (primary N) is 1. The SMILES string of the molecule is Cl.N=C(N)c1cccc(COc2ccccc2Cl)c1. The van der Waals surface area contributed by atoms with E-state index in [1.54, 1.807) is 12.1 Å². The van der Waals surface area contributed by atoms with Crippen molar-refractivity contribution in [3.8, 4) is 5.75 Å². The number of benzene rings is 2. The highest BCUT2D eigenvalue weighted by atomic mass is 35.5. The summed E-state index contributed by atoms with van der Waals surface area (Å²) in [5.74, 6) is 0.696. The molecule has 3 N–H and O–H groups in total. The van der Waals surface area contributed by atoms with Gasteiger partial charge in [-0.05, 0) is 23.8 Å². The zero-order chi connectivity index (χ0) is 13.0.